The predicted octanol–water partition coefficient (Wildman–Crippen LogP) is -0.241. The Morgan fingerprint density at radius 1 is 1.58 bits per heavy atom. The molecule has 0 fully saturated rings. The summed E-state index contributed by atoms with van der Waals surface area (Å²) in [4.78, 5) is 10.5. The van der Waals surface area contributed by atoms with E-state index in [-0.39, 0.29) is 17.9 Å². The predicted molar refractivity (Wildman–Crippen MR) is 41.5 cm³/mol. The van der Waals surface area contributed by atoms with Gasteiger partial charge in [-0.05, 0) is 0 Å². The van der Waals surface area contributed by atoms with Crippen LogP contribution in [0.3, 0.4) is 0 Å². The maximum absolute atomic E-state index is 10.5. The molecule has 1 aliphatic carbocycles. The van der Waals surface area contributed by atoms with Crippen LogP contribution in [-0.2, 0) is 4.79 Å². The van der Waals surface area contributed by atoms with Gasteiger partial charge in [0.15, 0.2) is 0 Å². The van der Waals surface area contributed by atoms with Gasteiger partial charge < -0.3 is 15.3 Å². The highest BCUT2D eigenvalue weighted by molar-refractivity contribution is 5.86. The van der Waals surface area contributed by atoms with E-state index in [0.29, 0.717) is 0 Å². The number of aliphatic hydroxyl groups is 2. The number of rotatable bonds is 1. The van der Waals surface area contributed by atoms with E-state index >= 15 is 0 Å². The molecule has 0 amide bonds. The number of aliphatic carboxylic acids is 1. The van der Waals surface area contributed by atoms with Crippen molar-refractivity contribution in [3.8, 4) is 0 Å². The average molecular weight is 172 g/mol. The van der Waals surface area contributed by atoms with Gasteiger partial charge in [-0.3, -0.25) is 0 Å². The molecule has 0 spiro atoms. The van der Waals surface area contributed by atoms with Gasteiger partial charge in [-0.15, -0.1) is 0 Å². The van der Waals surface area contributed by atoms with E-state index in [2.05, 4.69) is 0 Å². The van der Waals surface area contributed by atoms with Gasteiger partial charge in [-0.1, -0.05) is 13.0 Å². The van der Waals surface area contributed by atoms with Crippen molar-refractivity contribution in [2.24, 2.45) is 5.92 Å². The summed E-state index contributed by atoms with van der Waals surface area (Å²) in [5.74, 6) is -1.31. The van der Waals surface area contributed by atoms with Gasteiger partial charge in [0.25, 0.3) is 0 Å². The van der Waals surface area contributed by atoms with Crippen molar-refractivity contribution in [1.29, 1.82) is 0 Å². The third-order valence-corrected chi connectivity index (χ3v) is 2.10. The Morgan fingerprint density at radius 2 is 2.17 bits per heavy atom. The zero-order valence-electron chi connectivity index (χ0n) is 6.77. The number of carboxylic acids is 1. The molecule has 0 radical (unpaired) electrons. The standard InChI is InChI=1S/C8H12O4/c1-4-2-5(8(11)12)3-6(9)7(4)10/h2,4,6-7,9-10H,3H2,1H3,(H,11,12)/t4-,6-,7-/m1/s1. The van der Waals surface area contributed by atoms with Crippen LogP contribution in [0.25, 0.3) is 0 Å². The summed E-state index contributed by atoms with van der Waals surface area (Å²) in [5.41, 5.74) is 0.181. The molecule has 3 atom stereocenters. The molecule has 0 aromatic carbocycles. The van der Waals surface area contributed by atoms with Crippen LogP contribution in [0.4, 0.5) is 0 Å². The summed E-state index contributed by atoms with van der Waals surface area (Å²) in [7, 11) is 0. The lowest BCUT2D eigenvalue weighted by Crippen LogP contribution is -2.36. The van der Waals surface area contributed by atoms with Crippen LogP contribution in [-0.4, -0.2) is 33.5 Å². The summed E-state index contributed by atoms with van der Waals surface area (Å²) in [6.07, 6.45) is -0.273. The summed E-state index contributed by atoms with van der Waals surface area (Å²) in [6.45, 7) is 1.68. The molecule has 3 N–H and O–H groups in total. The third kappa shape index (κ3) is 1.65. The highest BCUT2D eigenvalue weighted by Gasteiger charge is 2.29. The third-order valence-electron chi connectivity index (χ3n) is 2.10. The summed E-state index contributed by atoms with van der Waals surface area (Å²) >= 11 is 0. The minimum atomic E-state index is -1.02. The monoisotopic (exact) mass is 172 g/mol. The molecule has 12 heavy (non-hydrogen) atoms. The van der Waals surface area contributed by atoms with Crippen LogP contribution in [0, 0.1) is 5.92 Å². The van der Waals surface area contributed by atoms with Crippen molar-refractivity contribution in [3.63, 3.8) is 0 Å². The Labute approximate surface area is 70.1 Å². The number of aliphatic hydroxyl groups excluding tert-OH is 2. The Morgan fingerprint density at radius 3 is 2.58 bits per heavy atom. The Hall–Kier alpha value is -0.870. The van der Waals surface area contributed by atoms with E-state index in [9.17, 15) is 15.0 Å². The fourth-order valence-corrected chi connectivity index (χ4v) is 1.34. The van der Waals surface area contributed by atoms with Gasteiger partial charge in [0.05, 0.1) is 12.2 Å². The van der Waals surface area contributed by atoms with Gasteiger partial charge in [0.2, 0.25) is 0 Å². The lowest BCUT2D eigenvalue weighted by molar-refractivity contribution is -0.133. The second-order valence-electron chi connectivity index (χ2n) is 3.12. The zero-order chi connectivity index (χ0) is 9.30. The van der Waals surface area contributed by atoms with E-state index in [1.165, 1.54) is 6.08 Å². The zero-order valence-corrected chi connectivity index (χ0v) is 6.77. The normalized spacial score (nSPS) is 35.9. The largest absolute Gasteiger partial charge is 0.478 e. The lowest BCUT2D eigenvalue weighted by atomic mass is 9.87. The van der Waals surface area contributed by atoms with Crippen molar-refractivity contribution in [2.45, 2.75) is 25.6 Å². The van der Waals surface area contributed by atoms with Crippen molar-refractivity contribution in [1.82, 2.24) is 0 Å². The second-order valence-corrected chi connectivity index (χ2v) is 3.12. The summed E-state index contributed by atoms with van der Waals surface area (Å²) < 4.78 is 0. The molecule has 0 saturated heterocycles. The van der Waals surface area contributed by atoms with Gasteiger partial charge >= 0.3 is 5.97 Å². The minimum Gasteiger partial charge on any atom is -0.478 e. The van der Waals surface area contributed by atoms with Crippen LogP contribution in [0.2, 0.25) is 0 Å². The number of hydrogen-bond donors (Lipinski definition) is 3. The van der Waals surface area contributed by atoms with Crippen LogP contribution in [0.15, 0.2) is 11.6 Å². The molecule has 0 aromatic rings. The molecule has 0 aromatic heterocycles. The van der Waals surface area contributed by atoms with E-state index in [1.807, 2.05) is 0 Å². The highest BCUT2D eigenvalue weighted by atomic mass is 16.4. The van der Waals surface area contributed by atoms with Crippen LogP contribution in [0.5, 0.6) is 0 Å². The molecule has 0 aliphatic heterocycles. The highest BCUT2D eigenvalue weighted by Crippen LogP contribution is 2.23. The molecular formula is C8H12O4. The maximum Gasteiger partial charge on any atom is 0.331 e. The average Bonchev–Trinajstić information content (AvgIpc) is 1.99. The maximum atomic E-state index is 10.5. The van der Waals surface area contributed by atoms with Crippen molar-refractivity contribution >= 4 is 5.97 Å². The lowest BCUT2D eigenvalue weighted by Gasteiger charge is -2.26. The fourth-order valence-electron chi connectivity index (χ4n) is 1.34. The fraction of sp³-hybridized carbons (Fsp3) is 0.625. The summed E-state index contributed by atoms with van der Waals surface area (Å²) in [6, 6.07) is 0. The SMILES string of the molecule is C[C@@H]1C=C(C(=O)O)C[C@@H](O)[C@@H]1O. The van der Waals surface area contributed by atoms with Crippen LogP contribution < -0.4 is 0 Å². The van der Waals surface area contributed by atoms with E-state index < -0.39 is 18.2 Å². The smallest absolute Gasteiger partial charge is 0.331 e. The molecule has 1 aliphatic rings. The van der Waals surface area contributed by atoms with Gasteiger partial charge in [0.1, 0.15) is 0 Å². The van der Waals surface area contributed by atoms with Gasteiger partial charge in [-0.2, -0.15) is 0 Å². The first-order valence-electron chi connectivity index (χ1n) is 3.82. The molecule has 0 heterocycles. The van der Waals surface area contributed by atoms with Gasteiger partial charge in [0, 0.05) is 17.9 Å². The summed E-state index contributed by atoms with van der Waals surface area (Å²) in [5, 5.41) is 27.1. The topological polar surface area (TPSA) is 77.8 Å². The Kier molecular flexibility index (Phi) is 2.49. The first-order chi connectivity index (χ1) is 5.52. The molecular weight excluding hydrogens is 160 g/mol. The number of carbonyl (C=O) groups is 1. The molecule has 68 valence electrons. The van der Waals surface area contributed by atoms with Crippen LogP contribution >= 0.6 is 0 Å². The van der Waals surface area contributed by atoms with Crippen molar-refractivity contribution < 1.29 is 20.1 Å². The van der Waals surface area contributed by atoms with E-state index in [4.69, 9.17) is 5.11 Å². The van der Waals surface area contributed by atoms with E-state index in [1.54, 1.807) is 6.92 Å². The molecule has 4 nitrogen and oxygen atoms in total. The quantitative estimate of drug-likeness (QED) is 0.510. The molecule has 0 bridgehead atoms. The second kappa shape index (κ2) is 3.25. The first kappa shape index (κ1) is 9.22. The number of hydrogen-bond acceptors (Lipinski definition) is 3. The minimum absolute atomic E-state index is 0.0286. The van der Waals surface area contributed by atoms with Crippen molar-refractivity contribution in [3.05, 3.63) is 11.6 Å². The van der Waals surface area contributed by atoms with Gasteiger partial charge in [-0.25, -0.2) is 4.79 Å². The molecule has 0 saturated carbocycles. The molecule has 1 rings (SSSR count). The first-order valence-corrected chi connectivity index (χ1v) is 3.82. The Balaban J connectivity index is 2.81. The molecule has 0 unspecified atom stereocenters. The van der Waals surface area contributed by atoms with E-state index in [0.717, 1.165) is 0 Å². The van der Waals surface area contributed by atoms with Crippen molar-refractivity contribution in [2.75, 3.05) is 0 Å². The Bertz CT molecular complexity index is 221. The van der Waals surface area contributed by atoms with Crippen LogP contribution in [0.1, 0.15) is 13.3 Å². The molecule has 4 heteroatoms. The number of carboxylic acid groups (broad SMARTS) is 1.